The number of nitrogens with one attached hydrogen (secondary N) is 1. The fraction of sp³-hybridized carbons (Fsp3) is 0.800. The van der Waals surface area contributed by atoms with E-state index in [2.05, 4.69) is 34.9 Å². The third-order valence-electron chi connectivity index (χ3n) is 3.89. The summed E-state index contributed by atoms with van der Waals surface area (Å²) in [5, 5.41) is 3.49. The van der Waals surface area contributed by atoms with Crippen molar-refractivity contribution in [1.82, 2.24) is 14.9 Å². The molecule has 3 heteroatoms. The van der Waals surface area contributed by atoms with Crippen molar-refractivity contribution in [1.29, 1.82) is 0 Å². The van der Waals surface area contributed by atoms with Gasteiger partial charge in [-0.2, -0.15) is 0 Å². The number of hydrogen-bond acceptors (Lipinski definition) is 2. The molecule has 0 aliphatic carbocycles. The van der Waals surface area contributed by atoms with Crippen LogP contribution in [0.25, 0.3) is 0 Å². The predicted octanol–water partition coefficient (Wildman–Crippen LogP) is 3.18. The molecule has 0 spiro atoms. The molecule has 1 unspecified atom stereocenters. The Balaban J connectivity index is 1.83. The van der Waals surface area contributed by atoms with Crippen LogP contribution in [0.2, 0.25) is 0 Å². The number of rotatable bonds is 6. The molecule has 1 fully saturated rings. The quantitative estimate of drug-likeness (QED) is 0.785. The zero-order valence-electron chi connectivity index (χ0n) is 11.9. The smallest absolute Gasteiger partial charge is 0.0948 e. The minimum absolute atomic E-state index is 0.673. The molecule has 0 amide bonds. The van der Waals surface area contributed by atoms with Crippen LogP contribution >= 0.6 is 0 Å². The van der Waals surface area contributed by atoms with Crippen LogP contribution < -0.4 is 5.32 Å². The van der Waals surface area contributed by atoms with Crippen molar-refractivity contribution >= 4 is 0 Å². The van der Waals surface area contributed by atoms with Crippen LogP contribution in [0.3, 0.4) is 0 Å². The zero-order valence-corrected chi connectivity index (χ0v) is 11.9. The summed E-state index contributed by atoms with van der Waals surface area (Å²) in [5.41, 5.74) is 1.44. The fourth-order valence-corrected chi connectivity index (χ4v) is 2.80. The molecule has 1 aliphatic heterocycles. The third kappa shape index (κ3) is 3.84. The lowest BCUT2D eigenvalue weighted by molar-refractivity contribution is 0.433. The standard InChI is InChI=1S/C15H27N3/c1-13(2)6-3-4-9-18-12-17-11-15(18)14-7-5-8-16-10-14/h11-14,16H,3-10H2,1-2H3. The van der Waals surface area contributed by atoms with Crippen molar-refractivity contribution in [2.75, 3.05) is 13.1 Å². The molecule has 1 aromatic heterocycles. The van der Waals surface area contributed by atoms with Crippen LogP contribution in [-0.2, 0) is 6.54 Å². The van der Waals surface area contributed by atoms with Gasteiger partial charge in [-0.05, 0) is 31.7 Å². The van der Waals surface area contributed by atoms with E-state index in [0.29, 0.717) is 5.92 Å². The number of hydrogen-bond donors (Lipinski definition) is 1. The van der Waals surface area contributed by atoms with Crippen LogP contribution in [0, 0.1) is 5.92 Å². The molecule has 2 rings (SSSR count). The molecule has 0 saturated carbocycles. The fourth-order valence-electron chi connectivity index (χ4n) is 2.80. The largest absolute Gasteiger partial charge is 0.334 e. The summed E-state index contributed by atoms with van der Waals surface area (Å²) in [4.78, 5) is 4.35. The van der Waals surface area contributed by atoms with E-state index in [1.807, 2.05) is 6.33 Å². The summed E-state index contributed by atoms with van der Waals surface area (Å²) in [6, 6.07) is 0. The minimum atomic E-state index is 0.673. The van der Waals surface area contributed by atoms with E-state index < -0.39 is 0 Å². The van der Waals surface area contributed by atoms with E-state index in [0.717, 1.165) is 19.0 Å². The first-order valence-corrected chi connectivity index (χ1v) is 7.48. The van der Waals surface area contributed by atoms with Gasteiger partial charge in [-0.1, -0.05) is 26.7 Å². The molecule has 102 valence electrons. The Morgan fingerprint density at radius 3 is 3.06 bits per heavy atom. The van der Waals surface area contributed by atoms with Crippen LogP contribution in [0.15, 0.2) is 12.5 Å². The summed E-state index contributed by atoms with van der Waals surface area (Å²) in [5.74, 6) is 1.50. The molecular weight excluding hydrogens is 222 g/mol. The van der Waals surface area contributed by atoms with E-state index in [9.17, 15) is 0 Å². The van der Waals surface area contributed by atoms with Crippen molar-refractivity contribution in [2.24, 2.45) is 5.92 Å². The first-order chi connectivity index (χ1) is 8.77. The summed E-state index contributed by atoms with van der Waals surface area (Å²) in [6.45, 7) is 8.04. The Morgan fingerprint density at radius 1 is 1.44 bits per heavy atom. The number of aryl methyl sites for hydroxylation is 1. The minimum Gasteiger partial charge on any atom is -0.334 e. The van der Waals surface area contributed by atoms with Gasteiger partial charge in [0.2, 0.25) is 0 Å². The van der Waals surface area contributed by atoms with Gasteiger partial charge in [-0.3, -0.25) is 0 Å². The lowest BCUT2D eigenvalue weighted by atomic mass is 9.96. The third-order valence-corrected chi connectivity index (χ3v) is 3.89. The van der Waals surface area contributed by atoms with Gasteiger partial charge in [-0.25, -0.2) is 4.98 Å². The summed E-state index contributed by atoms with van der Waals surface area (Å²) in [6.07, 6.45) is 10.6. The highest BCUT2D eigenvalue weighted by atomic mass is 15.1. The number of unbranched alkanes of at least 4 members (excludes halogenated alkanes) is 1. The predicted molar refractivity (Wildman–Crippen MR) is 75.8 cm³/mol. The summed E-state index contributed by atoms with van der Waals surface area (Å²) in [7, 11) is 0. The van der Waals surface area contributed by atoms with Crippen molar-refractivity contribution in [3.8, 4) is 0 Å². The van der Waals surface area contributed by atoms with Crippen molar-refractivity contribution in [3.05, 3.63) is 18.2 Å². The first-order valence-electron chi connectivity index (χ1n) is 7.48. The van der Waals surface area contributed by atoms with Gasteiger partial charge in [0.15, 0.2) is 0 Å². The molecule has 0 radical (unpaired) electrons. The SMILES string of the molecule is CC(C)CCCCn1cncc1C1CCCNC1. The maximum atomic E-state index is 4.35. The number of aromatic nitrogens is 2. The highest BCUT2D eigenvalue weighted by Crippen LogP contribution is 2.23. The second-order valence-electron chi connectivity index (χ2n) is 5.94. The molecule has 0 bridgehead atoms. The van der Waals surface area contributed by atoms with E-state index in [1.165, 1.54) is 44.3 Å². The van der Waals surface area contributed by atoms with Gasteiger partial charge in [0.25, 0.3) is 0 Å². The van der Waals surface area contributed by atoms with Crippen LogP contribution in [-0.4, -0.2) is 22.6 Å². The van der Waals surface area contributed by atoms with Crippen LogP contribution in [0.1, 0.15) is 57.6 Å². The molecule has 1 N–H and O–H groups in total. The first kappa shape index (κ1) is 13.6. The second-order valence-corrected chi connectivity index (χ2v) is 5.94. The molecule has 3 nitrogen and oxygen atoms in total. The highest BCUT2D eigenvalue weighted by molar-refractivity contribution is 5.08. The molecule has 1 atom stereocenters. The molecular formula is C15H27N3. The van der Waals surface area contributed by atoms with Crippen molar-refractivity contribution in [3.63, 3.8) is 0 Å². The molecule has 1 aliphatic rings. The average Bonchev–Trinajstić information content (AvgIpc) is 2.84. The van der Waals surface area contributed by atoms with Gasteiger partial charge in [-0.15, -0.1) is 0 Å². The van der Waals surface area contributed by atoms with E-state index in [4.69, 9.17) is 0 Å². The molecule has 1 saturated heterocycles. The van der Waals surface area contributed by atoms with Crippen LogP contribution in [0.4, 0.5) is 0 Å². The Morgan fingerprint density at radius 2 is 2.33 bits per heavy atom. The Labute approximate surface area is 111 Å². The molecule has 0 aromatic carbocycles. The Bertz CT molecular complexity index is 337. The number of nitrogens with zero attached hydrogens (tertiary/aromatic N) is 2. The number of piperidine rings is 1. The van der Waals surface area contributed by atoms with Crippen molar-refractivity contribution in [2.45, 2.75) is 58.4 Å². The van der Waals surface area contributed by atoms with E-state index in [1.54, 1.807) is 0 Å². The van der Waals surface area contributed by atoms with Gasteiger partial charge >= 0.3 is 0 Å². The molecule has 2 heterocycles. The van der Waals surface area contributed by atoms with Gasteiger partial charge < -0.3 is 9.88 Å². The number of imidazole rings is 1. The van der Waals surface area contributed by atoms with Gasteiger partial charge in [0, 0.05) is 30.9 Å². The average molecular weight is 249 g/mol. The monoisotopic (exact) mass is 249 g/mol. The maximum Gasteiger partial charge on any atom is 0.0948 e. The summed E-state index contributed by atoms with van der Waals surface area (Å²) < 4.78 is 2.37. The van der Waals surface area contributed by atoms with Gasteiger partial charge in [0.05, 0.1) is 6.33 Å². The lowest BCUT2D eigenvalue weighted by Gasteiger charge is -2.23. The van der Waals surface area contributed by atoms with Crippen LogP contribution in [0.5, 0.6) is 0 Å². The zero-order chi connectivity index (χ0) is 12.8. The molecule has 18 heavy (non-hydrogen) atoms. The second kappa shape index (κ2) is 6.93. The summed E-state index contributed by atoms with van der Waals surface area (Å²) >= 11 is 0. The molecule has 1 aromatic rings. The van der Waals surface area contributed by atoms with Crippen molar-refractivity contribution < 1.29 is 0 Å². The topological polar surface area (TPSA) is 29.9 Å². The van der Waals surface area contributed by atoms with E-state index >= 15 is 0 Å². The Hall–Kier alpha value is -0.830. The Kier molecular flexibility index (Phi) is 5.24. The van der Waals surface area contributed by atoms with Gasteiger partial charge in [0.1, 0.15) is 0 Å². The highest BCUT2D eigenvalue weighted by Gasteiger charge is 2.18. The normalized spacial score (nSPS) is 20.5. The van der Waals surface area contributed by atoms with E-state index in [-0.39, 0.29) is 0 Å². The lowest BCUT2D eigenvalue weighted by Crippen LogP contribution is -2.29. The maximum absolute atomic E-state index is 4.35.